The maximum Gasteiger partial charge on any atom is 0.280 e. The van der Waals surface area contributed by atoms with Gasteiger partial charge in [0.1, 0.15) is 34.1 Å². The van der Waals surface area contributed by atoms with Crippen LogP contribution in [0.4, 0.5) is 14.5 Å². The van der Waals surface area contributed by atoms with Crippen LogP contribution < -0.4 is 10.1 Å². The van der Waals surface area contributed by atoms with Gasteiger partial charge in [0, 0.05) is 18.5 Å². The van der Waals surface area contributed by atoms with Crippen molar-refractivity contribution in [2.75, 3.05) is 11.9 Å². The summed E-state index contributed by atoms with van der Waals surface area (Å²) in [6.07, 6.45) is 0.447. The number of carbonyl (C=O) groups excluding carboxylic acids is 1. The Bertz CT molecular complexity index is 1010. The van der Waals surface area contributed by atoms with E-state index in [0.29, 0.717) is 29.4 Å². The number of anilines is 1. The molecule has 0 bridgehead atoms. The van der Waals surface area contributed by atoms with Gasteiger partial charge in [0.05, 0.1) is 12.3 Å². The first kappa shape index (κ1) is 19.7. The van der Waals surface area contributed by atoms with Gasteiger partial charge in [-0.1, -0.05) is 6.07 Å². The minimum absolute atomic E-state index is 0.136. The number of fused-ring (bicyclic) bond motifs is 1. The maximum atomic E-state index is 12.8. The van der Waals surface area contributed by atoms with Crippen molar-refractivity contribution in [3.8, 4) is 5.75 Å². The monoisotopic (exact) mass is 390 g/mol. The van der Waals surface area contributed by atoms with Crippen LogP contribution in [-0.2, 0) is 5.60 Å². The van der Waals surface area contributed by atoms with E-state index in [0.717, 1.165) is 6.07 Å². The molecule has 3 aromatic rings. The van der Waals surface area contributed by atoms with E-state index in [-0.39, 0.29) is 5.69 Å². The van der Waals surface area contributed by atoms with E-state index < -0.39 is 23.6 Å². The number of pyridine rings is 2. The van der Waals surface area contributed by atoms with Crippen molar-refractivity contribution in [3.63, 3.8) is 0 Å². The Kier molecular flexibility index (Phi) is 5.28. The number of hydrogen-bond acceptors (Lipinski definition) is 5. The zero-order valence-corrected chi connectivity index (χ0v) is 15.6. The van der Waals surface area contributed by atoms with Crippen LogP contribution in [0.15, 0.2) is 36.7 Å². The molecule has 0 saturated heterocycles. The van der Waals surface area contributed by atoms with Gasteiger partial charge in [0.25, 0.3) is 12.3 Å². The number of aromatic nitrogens is 3. The van der Waals surface area contributed by atoms with Crippen LogP contribution >= 0.6 is 0 Å². The SMILES string of the molecule is CCOc1cc2nc(C(C)(C)O)cn2cc1NC(=O)c1cccc(C(F)F)n1. The van der Waals surface area contributed by atoms with Gasteiger partial charge >= 0.3 is 0 Å². The molecule has 3 aromatic heterocycles. The number of imidazole rings is 1. The molecule has 0 spiro atoms. The van der Waals surface area contributed by atoms with Crippen molar-refractivity contribution in [1.29, 1.82) is 0 Å². The Morgan fingerprint density at radius 1 is 1.32 bits per heavy atom. The molecule has 0 unspecified atom stereocenters. The molecule has 0 saturated carbocycles. The zero-order chi connectivity index (χ0) is 20.5. The number of amides is 1. The molecule has 7 nitrogen and oxygen atoms in total. The molecule has 148 valence electrons. The third kappa shape index (κ3) is 4.09. The van der Waals surface area contributed by atoms with Crippen molar-refractivity contribution < 1.29 is 23.4 Å². The predicted octanol–water partition coefficient (Wildman–Crippen LogP) is 3.55. The van der Waals surface area contributed by atoms with Crippen LogP contribution in [0.2, 0.25) is 0 Å². The van der Waals surface area contributed by atoms with Gasteiger partial charge in [-0.2, -0.15) is 0 Å². The van der Waals surface area contributed by atoms with Gasteiger partial charge in [-0.25, -0.2) is 18.7 Å². The average Bonchev–Trinajstić information content (AvgIpc) is 3.05. The fourth-order valence-electron chi connectivity index (χ4n) is 2.57. The van der Waals surface area contributed by atoms with E-state index >= 15 is 0 Å². The summed E-state index contributed by atoms with van der Waals surface area (Å²) in [4.78, 5) is 20.6. The molecule has 0 aliphatic rings. The summed E-state index contributed by atoms with van der Waals surface area (Å²) in [7, 11) is 0. The van der Waals surface area contributed by atoms with E-state index in [2.05, 4.69) is 15.3 Å². The lowest BCUT2D eigenvalue weighted by Crippen LogP contribution is -2.16. The lowest BCUT2D eigenvalue weighted by Gasteiger charge is -2.12. The third-order valence-electron chi connectivity index (χ3n) is 3.96. The predicted molar refractivity (Wildman–Crippen MR) is 98.8 cm³/mol. The van der Waals surface area contributed by atoms with Gasteiger partial charge in [0.2, 0.25) is 0 Å². The van der Waals surface area contributed by atoms with E-state index in [1.807, 2.05) is 0 Å². The van der Waals surface area contributed by atoms with E-state index in [1.165, 1.54) is 12.1 Å². The first-order valence-electron chi connectivity index (χ1n) is 8.64. The van der Waals surface area contributed by atoms with Gasteiger partial charge in [-0.3, -0.25) is 4.79 Å². The quantitative estimate of drug-likeness (QED) is 0.672. The number of nitrogens with zero attached hydrogens (tertiary/aromatic N) is 3. The summed E-state index contributed by atoms with van der Waals surface area (Å²) in [5.74, 6) is -0.285. The van der Waals surface area contributed by atoms with Gasteiger partial charge in [-0.15, -0.1) is 0 Å². The molecular weight excluding hydrogens is 370 g/mol. The lowest BCUT2D eigenvalue weighted by atomic mass is 10.1. The first-order chi connectivity index (χ1) is 13.2. The molecule has 1 amide bonds. The number of rotatable bonds is 6. The van der Waals surface area contributed by atoms with Crippen LogP contribution in [0.5, 0.6) is 5.75 Å². The van der Waals surface area contributed by atoms with Gasteiger partial charge in [0.15, 0.2) is 0 Å². The summed E-state index contributed by atoms with van der Waals surface area (Å²) in [5.41, 5.74) is -0.453. The van der Waals surface area contributed by atoms with Crippen LogP contribution in [0.1, 0.15) is 49.1 Å². The normalized spacial score (nSPS) is 11.8. The van der Waals surface area contributed by atoms with Crippen LogP contribution in [0.3, 0.4) is 0 Å². The van der Waals surface area contributed by atoms with E-state index in [9.17, 15) is 18.7 Å². The second kappa shape index (κ2) is 7.51. The smallest absolute Gasteiger partial charge is 0.280 e. The fraction of sp³-hybridized carbons (Fsp3) is 0.316. The Balaban J connectivity index is 1.97. The van der Waals surface area contributed by atoms with Gasteiger partial charge < -0.3 is 19.6 Å². The maximum absolute atomic E-state index is 12.8. The number of aliphatic hydroxyl groups is 1. The summed E-state index contributed by atoms with van der Waals surface area (Å²) >= 11 is 0. The minimum atomic E-state index is -2.77. The van der Waals surface area contributed by atoms with E-state index in [1.54, 1.807) is 43.6 Å². The molecule has 0 aromatic carbocycles. The first-order valence-corrected chi connectivity index (χ1v) is 8.64. The molecule has 9 heteroatoms. The van der Waals surface area contributed by atoms with Crippen LogP contribution in [0, 0.1) is 0 Å². The molecule has 0 radical (unpaired) electrons. The Morgan fingerprint density at radius 2 is 2.07 bits per heavy atom. The third-order valence-corrected chi connectivity index (χ3v) is 3.96. The van der Waals surface area contributed by atoms with Crippen molar-refractivity contribution >= 4 is 17.2 Å². The topological polar surface area (TPSA) is 88.8 Å². The highest BCUT2D eigenvalue weighted by molar-refractivity contribution is 6.03. The Labute approximate surface area is 160 Å². The summed E-state index contributed by atoms with van der Waals surface area (Å²) in [6, 6.07) is 5.48. The highest BCUT2D eigenvalue weighted by atomic mass is 19.3. The molecule has 0 aliphatic carbocycles. The molecule has 28 heavy (non-hydrogen) atoms. The standard InChI is InChI=1S/C19H20F2N4O3/c1-4-28-14-8-16-24-15(19(2,3)27)10-25(16)9-13(14)23-18(26)12-7-5-6-11(22-12)17(20)21/h5-10,17,27H,4H2,1-3H3,(H,23,26). The zero-order valence-electron chi connectivity index (χ0n) is 15.6. The minimum Gasteiger partial charge on any atom is -0.491 e. The summed E-state index contributed by atoms with van der Waals surface area (Å²) in [5, 5.41) is 12.8. The lowest BCUT2D eigenvalue weighted by molar-refractivity contribution is 0.0744. The summed E-state index contributed by atoms with van der Waals surface area (Å²) in [6.45, 7) is 5.36. The number of carbonyl (C=O) groups is 1. The molecule has 2 N–H and O–H groups in total. The number of alkyl halides is 2. The number of halogens is 2. The molecule has 3 rings (SSSR count). The molecule has 0 aliphatic heterocycles. The van der Waals surface area contributed by atoms with Crippen molar-refractivity contribution in [2.24, 2.45) is 0 Å². The largest absolute Gasteiger partial charge is 0.491 e. The highest BCUT2D eigenvalue weighted by Gasteiger charge is 2.21. The second-order valence-corrected chi connectivity index (χ2v) is 6.64. The summed E-state index contributed by atoms with van der Waals surface area (Å²) < 4.78 is 32.9. The Hall–Kier alpha value is -3.07. The molecule has 0 atom stereocenters. The second-order valence-electron chi connectivity index (χ2n) is 6.64. The van der Waals surface area contributed by atoms with Crippen molar-refractivity contribution in [2.45, 2.75) is 32.8 Å². The van der Waals surface area contributed by atoms with Crippen molar-refractivity contribution in [3.05, 3.63) is 53.7 Å². The molecule has 0 fully saturated rings. The Morgan fingerprint density at radius 3 is 2.71 bits per heavy atom. The molecular formula is C19H20F2N4O3. The number of hydrogen-bond donors (Lipinski definition) is 2. The van der Waals surface area contributed by atoms with Crippen molar-refractivity contribution in [1.82, 2.24) is 14.4 Å². The van der Waals surface area contributed by atoms with Crippen LogP contribution in [0.25, 0.3) is 5.65 Å². The van der Waals surface area contributed by atoms with E-state index in [4.69, 9.17) is 4.74 Å². The number of nitrogens with one attached hydrogen (secondary N) is 1. The fourth-order valence-corrected chi connectivity index (χ4v) is 2.57. The molecule has 3 heterocycles. The highest BCUT2D eigenvalue weighted by Crippen LogP contribution is 2.29. The average molecular weight is 390 g/mol. The van der Waals surface area contributed by atoms with Gasteiger partial charge in [-0.05, 0) is 32.9 Å². The van der Waals surface area contributed by atoms with Crippen LogP contribution in [-0.4, -0.2) is 32.0 Å². The number of ether oxygens (including phenoxy) is 1.